The van der Waals surface area contributed by atoms with Gasteiger partial charge in [0, 0.05) is 0 Å². The predicted molar refractivity (Wildman–Crippen MR) is 69.4 cm³/mol. The maximum Gasteiger partial charge on any atom is -0.00489 e. The molecule has 2 nitrogen and oxygen atoms in total. The summed E-state index contributed by atoms with van der Waals surface area (Å²) >= 11 is 0. The first-order valence-electron chi connectivity index (χ1n) is 6.83. The topological polar surface area (TPSA) is 24.1 Å². The summed E-state index contributed by atoms with van der Waals surface area (Å²) in [5.74, 6) is 0. The van der Waals surface area contributed by atoms with Crippen molar-refractivity contribution in [3.05, 3.63) is 0 Å². The Hall–Kier alpha value is -0.0800. The molecule has 0 heterocycles. The fraction of sp³-hybridized carbons (Fsp3) is 1.00. The van der Waals surface area contributed by atoms with Crippen LogP contribution in [0.3, 0.4) is 0 Å². The molecule has 0 aromatic heterocycles. The molecule has 0 unspecified atom stereocenters. The van der Waals surface area contributed by atoms with Gasteiger partial charge in [0.15, 0.2) is 0 Å². The minimum absolute atomic E-state index is 1.18. The van der Waals surface area contributed by atoms with Crippen LogP contribution in [0.15, 0.2) is 0 Å². The Morgan fingerprint density at radius 3 is 1.33 bits per heavy atom. The van der Waals surface area contributed by atoms with Crippen LogP contribution in [0, 0.1) is 0 Å². The van der Waals surface area contributed by atoms with Gasteiger partial charge in [-0.3, -0.25) is 0 Å². The van der Waals surface area contributed by atoms with Crippen molar-refractivity contribution in [2.45, 2.75) is 58.8 Å². The van der Waals surface area contributed by atoms with E-state index >= 15 is 0 Å². The third-order valence-corrected chi connectivity index (χ3v) is 2.56. The van der Waals surface area contributed by atoms with Crippen LogP contribution in [-0.4, -0.2) is 26.2 Å². The van der Waals surface area contributed by atoms with Crippen LogP contribution in [0.25, 0.3) is 0 Å². The van der Waals surface area contributed by atoms with E-state index in [4.69, 9.17) is 0 Å². The minimum atomic E-state index is 1.18. The second-order valence-electron chi connectivity index (χ2n) is 4.27. The van der Waals surface area contributed by atoms with Gasteiger partial charge in [-0.05, 0) is 51.9 Å². The first-order valence-corrected chi connectivity index (χ1v) is 6.83. The standard InChI is InChI=1S/C13H30N2/c1-3-10-14-12-8-6-5-7-9-13-15-11-4-2/h14-15H,3-13H2,1-2H3. The van der Waals surface area contributed by atoms with E-state index in [0.29, 0.717) is 0 Å². The van der Waals surface area contributed by atoms with Gasteiger partial charge in [-0.15, -0.1) is 0 Å². The van der Waals surface area contributed by atoms with Crippen molar-refractivity contribution >= 4 is 0 Å². The minimum Gasteiger partial charge on any atom is -0.317 e. The zero-order valence-corrected chi connectivity index (χ0v) is 10.8. The average molecular weight is 214 g/mol. The second-order valence-corrected chi connectivity index (χ2v) is 4.27. The zero-order valence-electron chi connectivity index (χ0n) is 10.8. The summed E-state index contributed by atoms with van der Waals surface area (Å²) in [5, 5.41) is 6.88. The summed E-state index contributed by atoms with van der Waals surface area (Å²) < 4.78 is 0. The van der Waals surface area contributed by atoms with E-state index in [1.54, 1.807) is 0 Å². The molecule has 0 atom stereocenters. The van der Waals surface area contributed by atoms with Gasteiger partial charge in [0.25, 0.3) is 0 Å². The lowest BCUT2D eigenvalue weighted by molar-refractivity contribution is 0.554. The largest absolute Gasteiger partial charge is 0.317 e. The smallest absolute Gasteiger partial charge is 0.00489 e. The Balaban J connectivity index is 2.81. The number of nitrogens with one attached hydrogen (secondary N) is 2. The first-order chi connectivity index (χ1) is 7.41. The maximum atomic E-state index is 3.44. The van der Waals surface area contributed by atoms with Crippen molar-refractivity contribution in [3.63, 3.8) is 0 Å². The highest BCUT2D eigenvalue weighted by Crippen LogP contribution is 2.01. The van der Waals surface area contributed by atoms with Crippen molar-refractivity contribution in [2.24, 2.45) is 0 Å². The van der Waals surface area contributed by atoms with Crippen molar-refractivity contribution in [1.29, 1.82) is 0 Å². The lowest BCUT2D eigenvalue weighted by Crippen LogP contribution is -2.16. The van der Waals surface area contributed by atoms with Gasteiger partial charge < -0.3 is 10.6 Å². The summed E-state index contributed by atoms with van der Waals surface area (Å²) in [6, 6.07) is 0. The molecule has 0 spiro atoms. The van der Waals surface area contributed by atoms with Crippen LogP contribution >= 0.6 is 0 Å². The molecule has 2 heteroatoms. The molecule has 0 aliphatic carbocycles. The molecule has 0 aromatic carbocycles. The molecular formula is C13H30N2. The number of hydrogen-bond acceptors (Lipinski definition) is 2. The summed E-state index contributed by atoms with van der Waals surface area (Å²) in [6.45, 7) is 9.22. The van der Waals surface area contributed by atoms with Gasteiger partial charge >= 0.3 is 0 Å². The molecule has 2 N–H and O–H groups in total. The molecule has 0 aliphatic rings. The quantitative estimate of drug-likeness (QED) is 0.488. The fourth-order valence-electron chi connectivity index (χ4n) is 1.63. The summed E-state index contributed by atoms with van der Waals surface area (Å²) in [6.07, 6.45) is 9.40. The van der Waals surface area contributed by atoms with Gasteiger partial charge in [-0.1, -0.05) is 33.1 Å². The Kier molecular flexibility index (Phi) is 13.8. The fourth-order valence-corrected chi connectivity index (χ4v) is 1.63. The number of unbranched alkanes of at least 4 members (excludes halogenated alkanes) is 4. The maximum absolute atomic E-state index is 3.44. The molecule has 15 heavy (non-hydrogen) atoms. The highest BCUT2D eigenvalue weighted by molar-refractivity contribution is 4.50. The Morgan fingerprint density at radius 1 is 0.533 bits per heavy atom. The Bertz CT molecular complexity index is 92.7. The molecule has 0 bridgehead atoms. The van der Waals surface area contributed by atoms with E-state index in [1.807, 2.05) is 0 Å². The zero-order chi connectivity index (χ0) is 11.2. The molecule has 0 rings (SSSR count). The molecule has 0 saturated heterocycles. The third-order valence-electron chi connectivity index (χ3n) is 2.56. The van der Waals surface area contributed by atoms with E-state index in [1.165, 1.54) is 71.1 Å². The molecule has 0 aromatic rings. The number of hydrogen-bond donors (Lipinski definition) is 2. The molecular weight excluding hydrogens is 184 g/mol. The van der Waals surface area contributed by atoms with Crippen LogP contribution in [0.1, 0.15) is 58.8 Å². The van der Waals surface area contributed by atoms with E-state index in [9.17, 15) is 0 Å². The van der Waals surface area contributed by atoms with Crippen molar-refractivity contribution < 1.29 is 0 Å². The number of rotatable bonds is 12. The van der Waals surface area contributed by atoms with E-state index in [-0.39, 0.29) is 0 Å². The van der Waals surface area contributed by atoms with Crippen molar-refractivity contribution in [3.8, 4) is 0 Å². The average Bonchev–Trinajstić information content (AvgIpc) is 2.26. The summed E-state index contributed by atoms with van der Waals surface area (Å²) in [4.78, 5) is 0. The van der Waals surface area contributed by atoms with E-state index in [2.05, 4.69) is 24.5 Å². The van der Waals surface area contributed by atoms with Crippen LogP contribution in [0.5, 0.6) is 0 Å². The van der Waals surface area contributed by atoms with Crippen LogP contribution in [0.4, 0.5) is 0 Å². The lowest BCUT2D eigenvalue weighted by Gasteiger charge is -2.04. The molecule has 0 saturated carbocycles. The van der Waals surface area contributed by atoms with Crippen LogP contribution in [-0.2, 0) is 0 Å². The SMILES string of the molecule is CCCNCCCCCCCNCCC. The third kappa shape index (κ3) is 13.9. The molecule has 0 amide bonds. The van der Waals surface area contributed by atoms with Crippen LogP contribution < -0.4 is 10.6 Å². The summed E-state index contributed by atoms with van der Waals surface area (Å²) in [5.41, 5.74) is 0. The van der Waals surface area contributed by atoms with Crippen molar-refractivity contribution in [1.82, 2.24) is 10.6 Å². The van der Waals surface area contributed by atoms with Gasteiger partial charge in [-0.2, -0.15) is 0 Å². The van der Waals surface area contributed by atoms with Crippen LogP contribution in [0.2, 0.25) is 0 Å². The monoisotopic (exact) mass is 214 g/mol. The normalized spacial score (nSPS) is 10.8. The highest BCUT2D eigenvalue weighted by atomic mass is 14.8. The second kappa shape index (κ2) is 13.9. The highest BCUT2D eigenvalue weighted by Gasteiger charge is 1.90. The predicted octanol–water partition coefficient (Wildman–Crippen LogP) is 2.94. The molecule has 0 aliphatic heterocycles. The van der Waals surface area contributed by atoms with Crippen molar-refractivity contribution in [2.75, 3.05) is 26.2 Å². The Morgan fingerprint density at radius 2 is 0.933 bits per heavy atom. The molecule has 0 radical (unpaired) electrons. The summed E-state index contributed by atoms with van der Waals surface area (Å²) in [7, 11) is 0. The van der Waals surface area contributed by atoms with E-state index < -0.39 is 0 Å². The van der Waals surface area contributed by atoms with E-state index in [0.717, 1.165) is 0 Å². The Labute approximate surface area is 96.2 Å². The first kappa shape index (κ1) is 14.9. The van der Waals surface area contributed by atoms with Gasteiger partial charge in [0.05, 0.1) is 0 Å². The van der Waals surface area contributed by atoms with Gasteiger partial charge in [0.2, 0.25) is 0 Å². The molecule has 0 fully saturated rings. The van der Waals surface area contributed by atoms with Gasteiger partial charge in [0.1, 0.15) is 0 Å². The van der Waals surface area contributed by atoms with Gasteiger partial charge in [-0.25, -0.2) is 0 Å². The lowest BCUT2D eigenvalue weighted by atomic mass is 10.1. The molecule has 92 valence electrons.